The highest BCUT2D eigenvalue weighted by molar-refractivity contribution is 6.42. The van der Waals surface area contributed by atoms with Gasteiger partial charge in [0.15, 0.2) is 28.5 Å². The average molecular weight is 551 g/mol. The lowest BCUT2D eigenvalue weighted by Gasteiger charge is -2.61. The highest BCUT2D eigenvalue weighted by Crippen LogP contribution is 2.73. The van der Waals surface area contributed by atoms with E-state index in [9.17, 15) is 9.90 Å². The first kappa shape index (κ1) is 29.0. The fourth-order valence-electron chi connectivity index (χ4n) is 8.45. The summed E-state index contributed by atoms with van der Waals surface area (Å²) in [6.45, 7) is 14.2. The highest BCUT2D eigenvalue weighted by Gasteiger charge is 2.85. The van der Waals surface area contributed by atoms with Gasteiger partial charge in [-0.25, -0.2) is 9.78 Å². The van der Waals surface area contributed by atoms with E-state index in [0.717, 1.165) is 5.57 Å². The molecule has 7 heteroatoms. The van der Waals surface area contributed by atoms with Gasteiger partial charge in [-0.3, -0.25) is 19.2 Å². The van der Waals surface area contributed by atoms with Crippen molar-refractivity contribution in [1.82, 2.24) is 0 Å². The molecule has 216 valence electrons. The van der Waals surface area contributed by atoms with E-state index in [2.05, 4.69) is 0 Å². The molecule has 1 saturated heterocycles. The summed E-state index contributed by atoms with van der Waals surface area (Å²) in [4.78, 5) is 72.2. The second-order valence-electron chi connectivity index (χ2n) is 14.5. The second-order valence-corrected chi connectivity index (χ2v) is 14.5. The molecule has 0 unspecified atom stereocenters. The van der Waals surface area contributed by atoms with Crippen molar-refractivity contribution in [3.63, 3.8) is 0 Å². The minimum Gasteiger partial charge on any atom is -0.388 e. The van der Waals surface area contributed by atoms with Crippen molar-refractivity contribution < 1.29 is 34.1 Å². The Morgan fingerprint density at radius 1 is 1.00 bits per heavy atom. The smallest absolute Gasteiger partial charge is 0.184 e. The molecular formula is C33H42O7. The lowest BCUT2D eigenvalue weighted by molar-refractivity contribution is -0.394. The van der Waals surface area contributed by atoms with Crippen LogP contribution in [0.5, 0.6) is 0 Å². The van der Waals surface area contributed by atoms with Crippen molar-refractivity contribution in [2.75, 3.05) is 0 Å². The molecule has 0 amide bonds. The first-order chi connectivity index (χ1) is 18.4. The number of ketones is 4. The third-order valence-corrected chi connectivity index (χ3v) is 10.8. The molecule has 4 aliphatic carbocycles. The lowest BCUT2D eigenvalue weighted by Crippen LogP contribution is -2.76. The maximum Gasteiger partial charge on any atom is 0.184 e. The molecule has 4 bridgehead atoms. The van der Waals surface area contributed by atoms with Gasteiger partial charge in [0.2, 0.25) is 0 Å². The van der Waals surface area contributed by atoms with E-state index in [1.54, 1.807) is 58.0 Å². The normalized spacial score (nSPS) is 37.9. The summed E-state index contributed by atoms with van der Waals surface area (Å²) in [6, 6.07) is 8.49. The summed E-state index contributed by atoms with van der Waals surface area (Å²) in [5.74, 6) is -3.17. The van der Waals surface area contributed by atoms with Crippen LogP contribution in [0.3, 0.4) is 0 Å². The molecular weight excluding hydrogens is 508 g/mol. The fourth-order valence-corrected chi connectivity index (χ4v) is 8.45. The van der Waals surface area contributed by atoms with E-state index in [-0.39, 0.29) is 30.7 Å². The number of hydrogen-bond donors (Lipinski definition) is 1. The van der Waals surface area contributed by atoms with Crippen LogP contribution in [0.15, 0.2) is 42.0 Å². The van der Waals surface area contributed by atoms with E-state index < -0.39 is 68.0 Å². The van der Waals surface area contributed by atoms with Crippen LogP contribution in [0.4, 0.5) is 0 Å². The SMILES string of the molecule is CC(C)=CC[C@]12C[C@@H]3C[C@@H]4C(C)(C)OO[C@H](C(C)(C)O)C[C@@]4(C1=O)C(=O)[C@](C(=O)c1ccccc1)(C2=O)C3(C)C. The highest BCUT2D eigenvalue weighted by atomic mass is 17.2. The summed E-state index contributed by atoms with van der Waals surface area (Å²) in [7, 11) is 0. The number of benzene rings is 1. The van der Waals surface area contributed by atoms with Gasteiger partial charge < -0.3 is 5.11 Å². The van der Waals surface area contributed by atoms with Crippen molar-refractivity contribution in [2.45, 2.75) is 98.4 Å². The number of carbonyl (C=O) groups excluding carboxylic acids is 4. The van der Waals surface area contributed by atoms with Gasteiger partial charge in [-0.2, -0.15) is 0 Å². The molecule has 4 saturated carbocycles. The first-order valence-corrected chi connectivity index (χ1v) is 14.4. The second kappa shape index (κ2) is 8.76. The Bertz CT molecular complexity index is 1310. The molecule has 5 fully saturated rings. The summed E-state index contributed by atoms with van der Waals surface area (Å²) in [6.07, 6.45) is 1.48. The van der Waals surface area contributed by atoms with Gasteiger partial charge in [0.25, 0.3) is 0 Å². The third-order valence-electron chi connectivity index (χ3n) is 10.8. The Morgan fingerprint density at radius 2 is 1.62 bits per heavy atom. The minimum atomic E-state index is -2.07. The molecule has 1 spiro atoms. The van der Waals surface area contributed by atoms with Gasteiger partial charge in [0.05, 0.1) is 16.4 Å². The Kier molecular flexibility index (Phi) is 6.36. The Balaban J connectivity index is 1.91. The number of hydrogen-bond acceptors (Lipinski definition) is 7. The van der Waals surface area contributed by atoms with Crippen LogP contribution < -0.4 is 0 Å². The van der Waals surface area contributed by atoms with Crippen molar-refractivity contribution in [1.29, 1.82) is 0 Å². The number of allylic oxidation sites excluding steroid dienone is 2. The predicted molar refractivity (Wildman–Crippen MR) is 148 cm³/mol. The van der Waals surface area contributed by atoms with Crippen LogP contribution in [-0.4, -0.2) is 45.5 Å². The number of carbonyl (C=O) groups is 4. The molecule has 6 atom stereocenters. The molecule has 7 nitrogen and oxygen atoms in total. The summed E-state index contributed by atoms with van der Waals surface area (Å²) in [5.41, 5.74) is -7.80. The van der Waals surface area contributed by atoms with E-state index in [1.807, 2.05) is 33.8 Å². The molecule has 5 aliphatic rings. The van der Waals surface area contributed by atoms with Crippen LogP contribution in [0.1, 0.15) is 91.4 Å². The van der Waals surface area contributed by atoms with E-state index in [0.29, 0.717) is 6.42 Å². The van der Waals surface area contributed by atoms with Crippen LogP contribution in [0.25, 0.3) is 0 Å². The molecule has 0 aromatic heterocycles. The summed E-state index contributed by atoms with van der Waals surface area (Å²) in [5, 5.41) is 11.1. The van der Waals surface area contributed by atoms with Crippen LogP contribution >= 0.6 is 0 Å². The van der Waals surface area contributed by atoms with Gasteiger partial charge in [-0.15, -0.1) is 0 Å². The monoisotopic (exact) mass is 550 g/mol. The number of aliphatic hydroxyl groups is 1. The van der Waals surface area contributed by atoms with Gasteiger partial charge in [0, 0.05) is 11.5 Å². The largest absolute Gasteiger partial charge is 0.388 e. The Hall–Kier alpha value is -2.48. The average Bonchev–Trinajstić information content (AvgIpc) is 3.07. The molecule has 1 heterocycles. The third kappa shape index (κ3) is 3.47. The topological polar surface area (TPSA) is 107 Å². The van der Waals surface area contributed by atoms with Gasteiger partial charge >= 0.3 is 0 Å². The van der Waals surface area contributed by atoms with Crippen molar-refractivity contribution in [3.05, 3.63) is 47.5 Å². The zero-order chi connectivity index (χ0) is 29.7. The van der Waals surface area contributed by atoms with Gasteiger partial charge in [-0.1, -0.05) is 55.8 Å². The Labute approximate surface area is 236 Å². The van der Waals surface area contributed by atoms with Crippen molar-refractivity contribution >= 4 is 23.1 Å². The fraction of sp³-hybridized carbons (Fsp3) is 0.636. The Morgan fingerprint density at radius 3 is 2.20 bits per heavy atom. The maximum absolute atomic E-state index is 15.4. The lowest BCUT2D eigenvalue weighted by atomic mass is 9.36. The summed E-state index contributed by atoms with van der Waals surface area (Å²) < 4.78 is 0. The predicted octanol–water partition coefficient (Wildman–Crippen LogP) is 5.24. The van der Waals surface area contributed by atoms with Gasteiger partial charge in [-0.05, 0) is 78.6 Å². The minimum absolute atomic E-state index is 0.125. The molecule has 6 rings (SSSR count). The summed E-state index contributed by atoms with van der Waals surface area (Å²) >= 11 is 0. The molecule has 1 aromatic carbocycles. The molecule has 1 N–H and O–H groups in total. The zero-order valence-corrected chi connectivity index (χ0v) is 24.9. The zero-order valence-electron chi connectivity index (χ0n) is 24.9. The number of rotatable bonds is 5. The first-order valence-electron chi connectivity index (χ1n) is 14.4. The van der Waals surface area contributed by atoms with Crippen LogP contribution in [0.2, 0.25) is 0 Å². The molecule has 1 aliphatic heterocycles. The van der Waals surface area contributed by atoms with E-state index in [4.69, 9.17) is 9.78 Å². The molecule has 1 aromatic rings. The van der Waals surface area contributed by atoms with E-state index in [1.165, 1.54) is 0 Å². The maximum atomic E-state index is 15.4. The van der Waals surface area contributed by atoms with Gasteiger partial charge in [0.1, 0.15) is 11.7 Å². The number of Topliss-reactive ketones (excluding diaryl/α,β-unsaturated/α-hetero) is 4. The van der Waals surface area contributed by atoms with Crippen LogP contribution in [-0.2, 0) is 24.2 Å². The standard InChI is InChI=1S/C33H42O7/c1-19(2)14-15-31-17-21-16-22-30(7,8)40-39-23(29(5,6)38)18-32(22,25(31)35)27(37)33(26(31)36,28(21,3)4)24(34)20-12-10-9-11-13-20/h9-14,21-23,38H,15-18H2,1-8H3/t21-,22+,23-,31-,32+,33-/m0/s1. The quantitative estimate of drug-likeness (QED) is 0.231. The van der Waals surface area contributed by atoms with Crippen LogP contribution in [0, 0.1) is 33.5 Å². The van der Waals surface area contributed by atoms with E-state index >= 15 is 14.4 Å². The van der Waals surface area contributed by atoms with Crippen molar-refractivity contribution in [3.8, 4) is 0 Å². The molecule has 0 radical (unpaired) electrons. The van der Waals surface area contributed by atoms with Crippen molar-refractivity contribution in [2.24, 2.45) is 33.5 Å². The molecule has 40 heavy (non-hydrogen) atoms.